The quantitative estimate of drug-likeness (QED) is 0.0787. The van der Waals surface area contributed by atoms with Crippen LogP contribution in [0.15, 0.2) is 115 Å². The molecule has 5 aromatic carbocycles. The van der Waals surface area contributed by atoms with Gasteiger partial charge in [0.2, 0.25) is 0 Å². The molecule has 0 saturated heterocycles. The average Bonchev–Trinajstić information content (AvgIpc) is 3.19. The van der Waals surface area contributed by atoms with Gasteiger partial charge in [0.05, 0.1) is 13.2 Å². The smallest absolute Gasteiger partial charge is 0.122 e. The number of benzene rings is 5. The van der Waals surface area contributed by atoms with Gasteiger partial charge < -0.3 is 14.4 Å². The minimum Gasteiger partial charge on any atom is -0.493 e. The van der Waals surface area contributed by atoms with E-state index in [0.29, 0.717) is 0 Å². The number of hydrogen-bond donors (Lipinski definition) is 0. The number of aryl methyl sites for hydroxylation is 4. The third kappa shape index (κ3) is 15.4. The van der Waals surface area contributed by atoms with Gasteiger partial charge in [-0.25, -0.2) is 0 Å². The molecule has 5 rings (SSSR count). The second-order valence-electron chi connectivity index (χ2n) is 17.4. The van der Waals surface area contributed by atoms with Gasteiger partial charge in [-0.1, -0.05) is 152 Å². The Hall–Kier alpha value is -4.50. The van der Waals surface area contributed by atoms with E-state index < -0.39 is 0 Å². The van der Waals surface area contributed by atoms with Crippen LogP contribution in [-0.4, -0.2) is 13.2 Å². The number of anilines is 3. The molecule has 3 nitrogen and oxygen atoms in total. The van der Waals surface area contributed by atoms with Crippen LogP contribution in [0.4, 0.5) is 17.1 Å². The summed E-state index contributed by atoms with van der Waals surface area (Å²) < 4.78 is 12.2. The Labute approximate surface area is 347 Å². The second-order valence-corrected chi connectivity index (χ2v) is 17.4. The lowest BCUT2D eigenvalue weighted by Crippen LogP contribution is -2.09. The van der Waals surface area contributed by atoms with Crippen molar-refractivity contribution in [2.75, 3.05) is 18.1 Å². The molecule has 57 heavy (non-hydrogen) atoms. The Morgan fingerprint density at radius 1 is 0.439 bits per heavy atom. The van der Waals surface area contributed by atoms with Gasteiger partial charge in [0.15, 0.2) is 0 Å². The van der Waals surface area contributed by atoms with Crippen LogP contribution in [0.25, 0.3) is 11.1 Å². The lowest BCUT2D eigenvalue weighted by atomic mass is 9.97. The lowest BCUT2D eigenvalue weighted by Gasteiger charge is -2.25. The molecule has 2 atom stereocenters. The monoisotopic (exact) mass is 768 g/mol. The van der Waals surface area contributed by atoms with Gasteiger partial charge in [-0.15, -0.1) is 0 Å². The van der Waals surface area contributed by atoms with E-state index in [0.717, 1.165) is 78.3 Å². The van der Waals surface area contributed by atoms with Crippen LogP contribution >= 0.6 is 0 Å². The van der Waals surface area contributed by atoms with E-state index in [2.05, 4.69) is 189 Å². The predicted octanol–water partition coefficient (Wildman–Crippen LogP) is 16.2. The van der Waals surface area contributed by atoms with Gasteiger partial charge in [-0.05, 0) is 141 Å². The summed E-state index contributed by atoms with van der Waals surface area (Å²) in [6.07, 6.45) is 10.2. The Morgan fingerprint density at radius 2 is 0.877 bits per heavy atom. The van der Waals surface area contributed by atoms with Crippen LogP contribution in [0.2, 0.25) is 0 Å². The van der Waals surface area contributed by atoms with Gasteiger partial charge in [0.25, 0.3) is 0 Å². The van der Waals surface area contributed by atoms with Gasteiger partial charge in [-0.2, -0.15) is 0 Å². The van der Waals surface area contributed by atoms with Crippen molar-refractivity contribution in [3.8, 4) is 22.6 Å². The van der Waals surface area contributed by atoms with Crippen molar-refractivity contribution in [3.05, 3.63) is 138 Å². The van der Waals surface area contributed by atoms with E-state index in [1.165, 1.54) is 71.9 Å². The van der Waals surface area contributed by atoms with E-state index >= 15 is 0 Å². The summed E-state index contributed by atoms with van der Waals surface area (Å²) in [5.74, 6) is 5.11. The highest BCUT2D eigenvalue weighted by atomic mass is 16.5. The molecule has 0 bridgehead atoms. The molecule has 0 heterocycles. The van der Waals surface area contributed by atoms with E-state index in [1.54, 1.807) is 0 Å². The third-order valence-corrected chi connectivity index (χ3v) is 11.0. The second kappa shape index (κ2) is 23.7. The molecule has 5 aromatic rings. The van der Waals surface area contributed by atoms with E-state index in [1.807, 2.05) is 0 Å². The highest BCUT2D eigenvalue weighted by molar-refractivity contribution is 5.78. The van der Waals surface area contributed by atoms with Crippen molar-refractivity contribution in [1.29, 1.82) is 0 Å². The lowest BCUT2D eigenvalue weighted by molar-refractivity contribution is 0.267. The predicted molar refractivity (Wildman–Crippen MR) is 248 cm³/mol. The fourth-order valence-corrected chi connectivity index (χ4v) is 7.29. The van der Waals surface area contributed by atoms with Crippen LogP contribution in [0.5, 0.6) is 11.5 Å². The molecule has 0 fully saturated rings. The molecular formula is C54H73NO2. The zero-order valence-electron chi connectivity index (χ0n) is 37.1. The third-order valence-electron chi connectivity index (χ3n) is 11.0. The summed E-state index contributed by atoms with van der Waals surface area (Å²) in [7, 11) is 0. The fraction of sp³-hybridized carbons (Fsp3) is 0.444. The minimum absolute atomic E-state index is 0.732. The molecular weight excluding hydrogens is 695 g/mol. The van der Waals surface area contributed by atoms with Crippen molar-refractivity contribution >= 4 is 17.1 Å². The first kappa shape index (κ1) is 45.2. The molecule has 0 spiro atoms. The number of hydrogen-bond acceptors (Lipinski definition) is 3. The standard InChI is InChI=1S/C28H50O2.C26H23N/c1-21(2)11-9-13-23(5)15-17-29-27-19-26(8)28(20-25(27)7)30-18-16-24(6)14-10-12-22(3)4;1-20-13-14-21(2)26(19-20)22-15-17-25(18-16-22)27(23-9-5-3-6-10-23)24-11-7-4-8-12-24/h19-24H,9-18H2,1-8H3;3-19H,1-2H3. The highest BCUT2D eigenvalue weighted by Crippen LogP contribution is 2.36. The number of rotatable bonds is 20. The van der Waals surface area contributed by atoms with Crippen LogP contribution < -0.4 is 14.4 Å². The first-order valence-electron chi connectivity index (χ1n) is 21.9. The zero-order valence-corrected chi connectivity index (χ0v) is 37.1. The van der Waals surface area contributed by atoms with Crippen molar-refractivity contribution in [1.82, 2.24) is 0 Å². The molecule has 0 aromatic heterocycles. The summed E-state index contributed by atoms with van der Waals surface area (Å²) in [6, 6.07) is 40.8. The largest absolute Gasteiger partial charge is 0.493 e. The summed E-state index contributed by atoms with van der Waals surface area (Å²) in [4.78, 5) is 2.28. The number of para-hydroxylation sites is 2. The summed E-state index contributed by atoms with van der Waals surface area (Å²) in [5, 5.41) is 0. The van der Waals surface area contributed by atoms with Crippen molar-refractivity contribution in [2.24, 2.45) is 23.7 Å². The summed E-state index contributed by atoms with van der Waals surface area (Å²) in [6.45, 7) is 24.1. The van der Waals surface area contributed by atoms with Crippen molar-refractivity contribution in [2.45, 2.75) is 121 Å². The van der Waals surface area contributed by atoms with Gasteiger partial charge in [-0.3, -0.25) is 0 Å². The van der Waals surface area contributed by atoms with Gasteiger partial charge in [0, 0.05) is 17.1 Å². The van der Waals surface area contributed by atoms with E-state index in [4.69, 9.17) is 9.47 Å². The Morgan fingerprint density at radius 3 is 1.32 bits per heavy atom. The van der Waals surface area contributed by atoms with Crippen LogP contribution in [-0.2, 0) is 0 Å². The molecule has 3 heteroatoms. The minimum atomic E-state index is 0.732. The van der Waals surface area contributed by atoms with Crippen molar-refractivity contribution in [3.63, 3.8) is 0 Å². The van der Waals surface area contributed by atoms with Crippen molar-refractivity contribution < 1.29 is 9.47 Å². The topological polar surface area (TPSA) is 21.7 Å². The first-order chi connectivity index (χ1) is 27.4. The van der Waals surface area contributed by atoms with Gasteiger partial charge in [0.1, 0.15) is 11.5 Å². The molecule has 0 saturated carbocycles. The van der Waals surface area contributed by atoms with Crippen LogP contribution in [0.3, 0.4) is 0 Å². The van der Waals surface area contributed by atoms with E-state index in [-0.39, 0.29) is 0 Å². The maximum absolute atomic E-state index is 6.12. The van der Waals surface area contributed by atoms with Crippen LogP contribution in [0.1, 0.15) is 115 Å². The maximum atomic E-state index is 6.12. The SMILES string of the molecule is Cc1cc(OCCC(C)CCCC(C)C)c(C)cc1OCCC(C)CCCC(C)C.Cc1ccc(C)c(-c2ccc(N(c3ccccc3)c3ccccc3)cc2)c1. The molecule has 0 amide bonds. The molecule has 0 N–H and O–H groups in total. The number of nitrogens with zero attached hydrogens (tertiary/aromatic N) is 1. The molecule has 0 radical (unpaired) electrons. The Bertz CT molecular complexity index is 1770. The Balaban J connectivity index is 0.000000253. The zero-order chi connectivity index (χ0) is 41.2. The average molecular weight is 768 g/mol. The highest BCUT2D eigenvalue weighted by Gasteiger charge is 2.13. The first-order valence-corrected chi connectivity index (χ1v) is 21.9. The van der Waals surface area contributed by atoms with Gasteiger partial charge >= 0.3 is 0 Å². The molecule has 2 unspecified atom stereocenters. The Kier molecular flexibility index (Phi) is 18.8. The van der Waals surface area contributed by atoms with Crippen LogP contribution in [0, 0.1) is 51.4 Å². The molecule has 306 valence electrons. The normalized spacial score (nSPS) is 12.2. The fourth-order valence-electron chi connectivity index (χ4n) is 7.29. The maximum Gasteiger partial charge on any atom is 0.122 e. The molecule has 0 aliphatic carbocycles. The summed E-state index contributed by atoms with van der Waals surface area (Å²) in [5.41, 5.74) is 11.0. The molecule has 0 aliphatic rings. The number of ether oxygens (including phenoxy) is 2. The van der Waals surface area contributed by atoms with E-state index in [9.17, 15) is 0 Å². The molecule has 0 aliphatic heterocycles. The summed E-state index contributed by atoms with van der Waals surface area (Å²) >= 11 is 0.